The first kappa shape index (κ1) is 41.0. The summed E-state index contributed by atoms with van der Waals surface area (Å²) in [7, 11) is -9.86. The predicted molar refractivity (Wildman–Crippen MR) is 219 cm³/mol. The number of sulfonamides is 2. The molecule has 0 saturated heterocycles. The van der Waals surface area contributed by atoms with Crippen LogP contribution >= 0.6 is 0 Å². The molecule has 4 amide bonds. The van der Waals surface area contributed by atoms with E-state index in [-0.39, 0.29) is 67.3 Å². The highest BCUT2D eigenvalue weighted by molar-refractivity contribution is 8.10. The lowest BCUT2D eigenvalue weighted by Crippen LogP contribution is -2.45. The molecule has 0 bridgehead atoms. The highest BCUT2D eigenvalue weighted by atomic mass is 32.3. The summed E-state index contributed by atoms with van der Waals surface area (Å²) >= 11 is 0. The van der Waals surface area contributed by atoms with Gasteiger partial charge < -0.3 is 15.0 Å². The number of fused-ring (bicyclic) bond motifs is 3. The Morgan fingerprint density at radius 1 is 0.738 bits per heavy atom. The second-order valence-electron chi connectivity index (χ2n) is 14.4. The number of carbonyl (C=O) groups excluding carboxylic acids is 4. The van der Waals surface area contributed by atoms with Crippen LogP contribution in [0.25, 0.3) is 11.3 Å². The Morgan fingerprint density at radius 2 is 1.25 bits per heavy atom. The molecule has 3 aliphatic heterocycles. The van der Waals surface area contributed by atoms with Crippen LogP contribution in [0.3, 0.4) is 0 Å². The van der Waals surface area contributed by atoms with Gasteiger partial charge in [0.25, 0.3) is 23.6 Å². The molecule has 5 aromatic rings. The normalized spacial score (nSPS) is 14.9. The van der Waals surface area contributed by atoms with Gasteiger partial charge in [-0.3, -0.25) is 29.0 Å². The van der Waals surface area contributed by atoms with Crippen LogP contribution in [0.1, 0.15) is 55.3 Å². The van der Waals surface area contributed by atoms with E-state index < -0.39 is 85.6 Å². The number of carbonyl (C=O) groups is 4. The van der Waals surface area contributed by atoms with E-state index in [2.05, 4.69) is 15.3 Å². The number of anilines is 4. The smallest absolute Gasteiger partial charge is 0.261 e. The molecular weight excluding hydrogens is 837 g/mol. The fraction of sp³-hybridized carbons (Fsp3) is 0.220. The van der Waals surface area contributed by atoms with E-state index in [1.807, 2.05) is 18.7 Å². The van der Waals surface area contributed by atoms with Gasteiger partial charge in [-0.05, 0) is 74.5 Å². The van der Waals surface area contributed by atoms with Crippen molar-refractivity contribution in [2.75, 3.05) is 51.7 Å². The third kappa shape index (κ3) is 7.52. The first-order chi connectivity index (χ1) is 29.1. The number of hydrogen-bond acceptors (Lipinski definition) is 13. The van der Waals surface area contributed by atoms with Crippen molar-refractivity contribution < 1.29 is 49.5 Å². The lowest BCUT2D eigenvalue weighted by atomic mass is 10.1. The Morgan fingerprint density at radius 3 is 1.74 bits per heavy atom. The zero-order valence-electron chi connectivity index (χ0n) is 32.4. The highest BCUT2D eigenvalue weighted by Crippen LogP contribution is 2.39. The van der Waals surface area contributed by atoms with Crippen molar-refractivity contribution in [3.8, 4) is 17.0 Å². The number of nitrogens with zero attached hydrogens (tertiary/aromatic N) is 6. The first-order valence-electron chi connectivity index (χ1n) is 18.8. The van der Waals surface area contributed by atoms with E-state index in [0.717, 1.165) is 24.4 Å². The maximum absolute atomic E-state index is 15.3. The summed E-state index contributed by atoms with van der Waals surface area (Å²) in [6.07, 6.45) is 0.886. The minimum Gasteiger partial charge on any atom is -0.486 e. The van der Waals surface area contributed by atoms with E-state index in [0.29, 0.717) is 22.0 Å². The number of imide groups is 2. The first-order valence-corrected chi connectivity index (χ1v) is 22.1. The second kappa shape index (κ2) is 15.7. The van der Waals surface area contributed by atoms with Crippen molar-refractivity contribution in [3.63, 3.8) is 0 Å². The molecule has 61 heavy (non-hydrogen) atoms. The van der Waals surface area contributed by atoms with Crippen LogP contribution < -0.4 is 18.7 Å². The third-order valence-corrected chi connectivity index (χ3v) is 14.5. The molecule has 3 aliphatic rings. The second-order valence-corrected chi connectivity index (χ2v) is 18.6. The Kier molecular flexibility index (Phi) is 10.5. The summed E-state index contributed by atoms with van der Waals surface area (Å²) in [6, 6.07) is 19.4. The van der Waals surface area contributed by atoms with Crippen molar-refractivity contribution in [1.29, 1.82) is 0 Å². The van der Waals surface area contributed by atoms with Gasteiger partial charge in [-0.1, -0.05) is 24.3 Å². The van der Waals surface area contributed by atoms with Gasteiger partial charge in [0.15, 0.2) is 17.4 Å². The van der Waals surface area contributed by atoms with Crippen LogP contribution in [0.2, 0.25) is 0 Å². The van der Waals surface area contributed by atoms with Gasteiger partial charge in [0.05, 0.1) is 57.9 Å². The predicted octanol–water partition coefficient (Wildman–Crippen LogP) is 4.83. The molecular formula is C41H35F2N7O9S2. The molecule has 0 saturated carbocycles. The fourth-order valence-corrected chi connectivity index (χ4v) is 11.2. The van der Waals surface area contributed by atoms with Crippen LogP contribution in [-0.4, -0.2) is 104 Å². The molecule has 0 spiro atoms. The standard InChI is InChI=1S/C41H35F2N7O9S2/c1-24(2)47-15-18-59-36-32(42)21-25(22-34(36)47)35-33(43)23-44-41(46-35)45-26-11-13-27(14-12-26)50(60(55,56)19-16-48-37(51)28-7-3-4-8-29(28)38(48)52)61(57,58)20-17-49-39(53)30-9-5-6-10-31(30)40(49)54/h3-14,21-24H,15-20H2,1-2H3,(H,44,45,46). The Labute approximate surface area is 348 Å². The summed E-state index contributed by atoms with van der Waals surface area (Å²) in [4.78, 5) is 63.7. The molecule has 0 unspecified atom stereocenters. The van der Waals surface area contributed by atoms with Gasteiger partial charge in [0, 0.05) is 30.4 Å². The number of halogens is 2. The number of rotatable bonds is 13. The van der Waals surface area contributed by atoms with Crippen molar-refractivity contribution in [3.05, 3.63) is 125 Å². The molecule has 20 heteroatoms. The Bertz CT molecular complexity index is 2700. The molecule has 16 nitrogen and oxygen atoms in total. The van der Waals surface area contributed by atoms with Crippen molar-refractivity contribution in [2.45, 2.75) is 19.9 Å². The fourth-order valence-electron chi connectivity index (χ4n) is 7.36. The summed E-state index contributed by atoms with van der Waals surface area (Å²) < 4.78 is 92.6. The van der Waals surface area contributed by atoms with Crippen molar-refractivity contribution in [2.24, 2.45) is 0 Å². The van der Waals surface area contributed by atoms with E-state index in [1.54, 1.807) is 30.3 Å². The van der Waals surface area contributed by atoms with Gasteiger partial charge in [0.2, 0.25) is 26.0 Å². The summed E-state index contributed by atoms with van der Waals surface area (Å²) in [6.45, 7) is 3.23. The quantitative estimate of drug-likeness (QED) is 0.158. The Balaban J connectivity index is 1.07. The van der Waals surface area contributed by atoms with Gasteiger partial charge >= 0.3 is 0 Å². The van der Waals surface area contributed by atoms with Gasteiger partial charge in [-0.2, -0.15) is 3.71 Å². The molecule has 1 aromatic heterocycles. The maximum Gasteiger partial charge on any atom is 0.261 e. The van der Waals surface area contributed by atoms with Crippen LogP contribution in [0.5, 0.6) is 5.75 Å². The van der Waals surface area contributed by atoms with Crippen molar-refractivity contribution >= 4 is 66.7 Å². The lowest BCUT2D eigenvalue weighted by molar-refractivity contribution is 0.0648. The Hall–Kier alpha value is -6.80. The SMILES string of the molecule is CC(C)N1CCOc2c(F)cc(-c3nc(Nc4ccc(N(S(=O)(=O)CCN5C(=O)c6ccccc6C5=O)S(=O)(=O)CCN5C(=O)c6ccccc6C5=O)cc4)ncc3F)cc21. The van der Waals surface area contributed by atoms with Crippen LogP contribution in [0.4, 0.5) is 31.8 Å². The lowest BCUT2D eigenvalue weighted by Gasteiger charge is -2.34. The largest absolute Gasteiger partial charge is 0.486 e. The van der Waals surface area contributed by atoms with E-state index in [4.69, 9.17) is 4.74 Å². The average molecular weight is 872 g/mol. The van der Waals surface area contributed by atoms with Gasteiger partial charge in [0.1, 0.15) is 12.3 Å². The summed E-state index contributed by atoms with van der Waals surface area (Å²) in [5, 5.41) is 2.85. The zero-order chi connectivity index (χ0) is 43.4. The average Bonchev–Trinajstić information content (AvgIpc) is 3.63. The molecule has 0 fully saturated rings. The van der Waals surface area contributed by atoms with Crippen LogP contribution in [0, 0.1) is 11.6 Å². The number of hydrogen-bond donors (Lipinski definition) is 1. The molecule has 0 aliphatic carbocycles. The van der Waals surface area contributed by atoms with Crippen LogP contribution in [0.15, 0.2) is 91.1 Å². The number of benzene rings is 4. The molecule has 4 aromatic carbocycles. The number of ether oxygens (including phenoxy) is 1. The number of nitrogens with one attached hydrogen (secondary N) is 1. The van der Waals surface area contributed by atoms with Crippen molar-refractivity contribution in [1.82, 2.24) is 19.8 Å². The minimum atomic E-state index is -4.93. The number of aromatic nitrogens is 2. The van der Waals surface area contributed by atoms with E-state index >= 15 is 8.78 Å². The summed E-state index contributed by atoms with van der Waals surface area (Å²) in [5.74, 6) is -6.67. The van der Waals surface area contributed by atoms with Gasteiger partial charge in [-0.25, -0.2) is 35.6 Å². The topological polar surface area (TPSA) is 197 Å². The molecule has 1 N–H and O–H groups in total. The molecule has 0 radical (unpaired) electrons. The monoisotopic (exact) mass is 871 g/mol. The van der Waals surface area contributed by atoms with Crippen LogP contribution in [-0.2, 0) is 20.0 Å². The number of amides is 4. The van der Waals surface area contributed by atoms with E-state index in [1.165, 1.54) is 36.4 Å². The minimum absolute atomic E-state index is 0.0127. The maximum atomic E-state index is 15.3. The zero-order valence-corrected chi connectivity index (χ0v) is 34.0. The highest BCUT2D eigenvalue weighted by Gasteiger charge is 2.41. The third-order valence-electron chi connectivity index (χ3n) is 10.3. The molecule has 8 rings (SSSR count). The molecule has 0 atom stereocenters. The van der Waals surface area contributed by atoms with Gasteiger partial charge in [-0.15, -0.1) is 0 Å². The molecule has 314 valence electrons. The van der Waals surface area contributed by atoms with E-state index in [9.17, 15) is 36.0 Å². The molecule has 4 heterocycles. The summed E-state index contributed by atoms with van der Waals surface area (Å²) in [5.41, 5.74) is 0.387.